The summed E-state index contributed by atoms with van der Waals surface area (Å²) < 4.78 is 0. The molecule has 1 unspecified atom stereocenters. The van der Waals surface area contributed by atoms with Gasteiger partial charge in [0.05, 0.1) is 17.3 Å². The van der Waals surface area contributed by atoms with Gasteiger partial charge >= 0.3 is 0 Å². The van der Waals surface area contributed by atoms with Crippen LogP contribution < -0.4 is 9.80 Å². The molecule has 0 saturated carbocycles. The highest BCUT2D eigenvalue weighted by atomic mass is 16.3. The Kier molecular flexibility index (Phi) is 5.93. The van der Waals surface area contributed by atoms with Gasteiger partial charge < -0.3 is 25.1 Å². The Morgan fingerprint density at radius 2 is 1.15 bits per heavy atom. The molecule has 11 rings (SSSR count). The molecule has 252 valence electrons. The second-order valence-corrected chi connectivity index (χ2v) is 15.0. The van der Waals surface area contributed by atoms with Gasteiger partial charge in [-0.2, -0.15) is 10.5 Å². The molecular formula is C45H34N4O3. The number of nitrogens with zero attached hydrogens (tertiary/aromatic N) is 4. The molecule has 0 fully saturated rings. The van der Waals surface area contributed by atoms with Crippen LogP contribution in [0.4, 0.5) is 11.4 Å². The minimum Gasteiger partial charge on any atom is -0.511 e. The maximum atomic E-state index is 12.5. The number of aliphatic hydroxyl groups excluding tert-OH is 1. The molecule has 6 aromatic rings. The van der Waals surface area contributed by atoms with E-state index in [1.165, 1.54) is 21.9 Å². The van der Waals surface area contributed by atoms with Crippen LogP contribution in [0.1, 0.15) is 52.1 Å². The molecular weight excluding hydrogens is 645 g/mol. The van der Waals surface area contributed by atoms with Gasteiger partial charge in [-0.05, 0) is 94.1 Å². The van der Waals surface area contributed by atoms with Crippen LogP contribution in [0.5, 0.6) is 11.5 Å². The third kappa shape index (κ3) is 3.58. The van der Waals surface area contributed by atoms with Crippen molar-refractivity contribution in [2.75, 3.05) is 36.0 Å². The summed E-state index contributed by atoms with van der Waals surface area (Å²) in [5, 5.41) is 66.5. The number of hydrogen-bond acceptors (Lipinski definition) is 7. The van der Waals surface area contributed by atoms with Gasteiger partial charge in [0.15, 0.2) is 0 Å². The van der Waals surface area contributed by atoms with Crippen LogP contribution in [0.25, 0.3) is 48.7 Å². The number of fused-ring (bicyclic) bond motifs is 4. The van der Waals surface area contributed by atoms with Crippen LogP contribution in [0, 0.1) is 22.7 Å². The quantitative estimate of drug-likeness (QED) is 0.124. The largest absolute Gasteiger partial charge is 0.511 e. The van der Waals surface area contributed by atoms with Gasteiger partial charge in [-0.3, -0.25) is 0 Å². The highest BCUT2D eigenvalue weighted by Gasteiger charge is 2.46. The number of hydrogen-bond donors (Lipinski definition) is 3. The molecule has 7 heteroatoms. The van der Waals surface area contributed by atoms with Crippen LogP contribution in [0.15, 0.2) is 77.6 Å². The molecule has 4 heterocycles. The molecule has 0 amide bonds. The van der Waals surface area contributed by atoms with Crippen LogP contribution in [0.3, 0.4) is 0 Å². The molecule has 7 nitrogen and oxygen atoms in total. The molecule has 1 atom stereocenters. The summed E-state index contributed by atoms with van der Waals surface area (Å²) in [5.41, 5.74) is 7.86. The standard InChI is InChI=1S/C45H34N4O3/c46-21-25(22-47)34-39(37-32-19-23-7-1-3-9-26(23)28-13-17-48-15-5-11-30(43(37)50)41(48)35(28)32)45(52)40(34)38-33-20-24-8-2-4-10-27(24)29-14-18-49-16-6-12-31(44(38)51)42(49)36(29)33/h1-4,7-10,19-20,39,50-52H,5-6,11-18H2. The fourth-order valence-corrected chi connectivity index (χ4v) is 10.6. The first-order chi connectivity index (χ1) is 25.5. The second-order valence-electron chi connectivity index (χ2n) is 15.0. The molecule has 0 bridgehead atoms. The average molecular weight is 679 g/mol. The van der Waals surface area contributed by atoms with Gasteiger partial charge in [-0.25, -0.2) is 0 Å². The SMILES string of the molecule is N#CC(C#N)=C1C(c2c(O)c3c4c5c(c6ccccc6cc25)CCN4CCC3)=C(O)C1c1c(O)c2c3c4c(c5ccccc5cc14)CCN3CCC2. The number of allylic oxidation sites excluding steroid dienone is 3. The summed E-state index contributed by atoms with van der Waals surface area (Å²) in [6.07, 6.45) is 4.90. The van der Waals surface area contributed by atoms with E-state index >= 15 is 0 Å². The lowest BCUT2D eigenvalue weighted by Crippen LogP contribution is -2.35. The Balaban J connectivity index is 1.27. The lowest BCUT2D eigenvalue weighted by atomic mass is 9.66. The lowest BCUT2D eigenvalue weighted by molar-refractivity contribution is 0.363. The van der Waals surface area contributed by atoms with Crippen molar-refractivity contribution in [2.24, 2.45) is 0 Å². The third-order valence-corrected chi connectivity index (χ3v) is 12.7. The maximum Gasteiger partial charge on any atom is 0.134 e. The summed E-state index contributed by atoms with van der Waals surface area (Å²) in [7, 11) is 0. The number of phenolic OH excluding ortho intramolecular Hbond substituents is 2. The summed E-state index contributed by atoms with van der Waals surface area (Å²) >= 11 is 0. The zero-order valence-electron chi connectivity index (χ0n) is 28.6. The Morgan fingerprint density at radius 3 is 1.75 bits per heavy atom. The molecule has 52 heavy (non-hydrogen) atoms. The fraction of sp³-hybridized carbons (Fsp3) is 0.244. The smallest absolute Gasteiger partial charge is 0.134 e. The number of aromatic hydroxyl groups is 2. The van der Waals surface area contributed by atoms with Crippen molar-refractivity contribution in [1.29, 1.82) is 10.5 Å². The number of anilines is 2. The van der Waals surface area contributed by atoms with E-state index in [2.05, 4.69) is 70.5 Å². The second kappa shape index (κ2) is 10.4. The van der Waals surface area contributed by atoms with E-state index in [4.69, 9.17) is 0 Å². The predicted molar refractivity (Wildman–Crippen MR) is 205 cm³/mol. The van der Waals surface area contributed by atoms with Gasteiger partial charge in [0, 0.05) is 70.4 Å². The fourth-order valence-electron chi connectivity index (χ4n) is 10.6. The molecule has 0 aromatic heterocycles. The zero-order chi connectivity index (χ0) is 35.0. The van der Waals surface area contributed by atoms with Gasteiger partial charge in [-0.15, -0.1) is 0 Å². The first kappa shape index (κ1) is 29.5. The lowest BCUT2D eigenvalue weighted by Gasteiger charge is -2.42. The number of rotatable bonds is 2. The van der Waals surface area contributed by atoms with E-state index in [9.17, 15) is 25.8 Å². The van der Waals surface area contributed by atoms with E-state index in [1.54, 1.807) is 0 Å². The van der Waals surface area contributed by atoms with E-state index in [1.807, 2.05) is 12.1 Å². The molecule has 4 aliphatic heterocycles. The summed E-state index contributed by atoms with van der Waals surface area (Å²) in [4.78, 5) is 4.76. The van der Waals surface area contributed by atoms with Crippen molar-refractivity contribution < 1.29 is 15.3 Å². The van der Waals surface area contributed by atoms with Gasteiger partial charge in [0.1, 0.15) is 35.0 Å². The predicted octanol–water partition coefficient (Wildman–Crippen LogP) is 8.74. The Labute approximate surface area is 300 Å². The Bertz CT molecular complexity index is 2820. The Morgan fingerprint density at radius 1 is 0.615 bits per heavy atom. The van der Waals surface area contributed by atoms with Crippen molar-refractivity contribution >= 4 is 60.0 Å². The zero-order valence-corrected chi connectivity index (χ0v) is 28.6. The van der Waals surface area contributed by atoms with Crippen LogP contribution in [-0.2, 0) is 25.7 Å². The van der Waals surface area contributed by atoms with Gasteiger partial charge in [0.25, 0.3) is 0 Å². The average Bonchev–Trinajstić information content (AvgIpc) is 3.19. The summed E-state index contributed by atoms with van der Waals surface area (Å²) in [5.74, 6) is -0.738. The maximum absolute atomic E-state index is 12.5. The van der Waals surface area contributed by atoms with Gasteiger partial charge in [-0.1, -0.05) is 48.5 Å². The van der Waals surface area contributed by atoms with Crippen LogP contribution >= 0.6 is 0 Å². The van der Waals surface area contributed by atoms with Crippen molar-refractivity contribution in [3.8, 4) is 23.6 Å². The number of nitriles is 2. The van der Waals surface area contributed by atoms with Crippen molar-refractivity contribution in [3.63, 3.8) is 0 Å². The van der Waals surface area contributed by atoms with E-state index in [0.29, 0.717) is 35.1 Å². The minimum atomic E-state index is -0.921. The van der Waals surface area contributed by atoms with Gasteiger partial charge in [0.2, 0.25) is 0 Å². The topological polar surface area (TPSA) is 115 Å². The van der Waals surface area contributed by atoms with Crippen LogP contribution in [0.2, 0.25) is 0 Å². The number of benzene rings is 6. The molecule has 5 aliphatic rings. The van der Waals surface area contributed by atoms with Crippen molar-refractivity contribution in [3.05, 3.63) is 111 Å². The summed E-state index contributed by atoms with van der Waals surface area (Å²) in [6, 6.07) is 25.1. The van der Waals surface area contributed by atoms with Crippen molar-refractivity contribution in [2.45, 2.75) is 44.4 Å². The normalized spacial score (nSPS) is 18.6. The highest BCUT2D eigenvalue weighted by Crippen LogP contribution is 2.62. The third-order valence-electron chi connectivity index (χ3n) is 12.7. The van der Waals surface area contributed by atoms with E-state index in [-0.39, 0.29) is 22.8 Å². The molecule has 0 spiro atoms. The molecule has 1 aliphatic carbocycles. The molecule has 0 saturated heterocycles. The Hall–Kier alpha value is -6.18. The first-order valence-corrected chi connectivity index (χ1v) is 18.4. The number of aliphatic hydroxyl groups is 1. The van der Waals surface area contributed by atoms with E-state index in [0.717, 1.165) is 107 Å². The highest BCUT2D eigenvalue weighted by molar-refractivity contribution is 6.18. The monoisotopic (exact) mass is 678 g/mol. The van der Waals surface area contributed by atoms with E-state index < -0.39 is 5.92 Å². The van der Waals surface area contributed by atoms with Crippen molar-refractivity contribution in [1.82, 2.24) is 0 Å². The van der Waals surface area contributed by atoms with Crippen LogP contribution in [-0.4, -0.2) is 41.5 Å². The first-order valence-electron chi connectivity index (χ1n) is 18.4. The molecule has 0 radical (unpaired) electrons. The minimum absolute atomic E-state index is 0.0371. The molecule has 3 N–H and O–H groups in total. The molecule has 6 aromatic carbocycles. The summed E-state index contributed by atoms with van der Waals surface area (Å²) in [6.45, 7) is 3.58. The number of phenols is 2.